The summed E-state index contributed by atoms with van der Waals surface area (Å²) in [6.45, 7) is 4.10. The summed E-state index contributed by atoms with van der Waals surface area (Å²) in [4.78, 5) is 8.61. The van der Waals surface area contributed by atoms with Gasteiger partial charge in [-0.3, -0.25) is 0 Å². The molecule has 0 saturated carbocycles. The number of fused-ring (bicyclic) bond motifs is 5. The molecule has 0 amide bonds. The maximum absolute atomic E-state index is 6.27. The Balaban J connectivity index is 1.50. The van der Waals surface area contributed by atoms with E-state index in [0.29, 0.717) is 18.2 Å². The molecule has 0 bridgehead atoms. The van der Waals surface area contributed by atoms with Crippen LogP contribution < -0.4 is 9.47 Å². The van der Waals surface area contributed by atoms with Crippen LogP contribution in [-0.2, 0) is 25.6 Å². The first-order valence-corrected chi connectivity index (χ1v) is 10.7. The van der Waals surface area contributed by atoms with E-state index in [1.807, 2.05) is 44.2 Å². The third-order valence-electron chi connectivity index (χ3n) is 6.06. The van der Waals surface area contributed by atoms with Crippen molar-refractivity contribution in [3.8, 4) is 28.8 Å². The van der Waals surface area contributed by atoms with Gasteiger partial charge in [0.2, 0.25) is 5.88 Å². The van der Waals surface area contributed by atoms with Gasteiger partial charge in [-0.1, -0.05) is 30.3 Å². The standard InChI is InChI=1S/C23H24N4O6/c1-23(2)32-19-18-17(31-21(19)33-23)15-13(11-30-18)16(12-8-6-5-7-9-12)27(26-15)14-10-24-22(29-4)25-20(14)28-3/h5-10,17-19,21H,11H2,1-4H3/t17-,18+,19-,21-/m1/s1. The minimum atomic E-state index is -0.716. The first-order chi connectivity index (χ1) is 16.0. The summed E-state index contributed by atoms with van der Waals surface area (Å²) in [5.74, 6) is -0.374. The molecule has 5 heterocycles. The van der Waals surface area contributed by atoms with Crippen molar-refractivity contribution in [1.82, 2.24) is 19.7 Å². The number of benzene rings is 1. The summed E-state index contributed by atoms with van der Waals surface area (Å²) in [5, 5.41) is 4.97. The molecule has 172 valence electrons. The maximum atomic E-state index is 6.27. The molecule has 2 aromatic heterocycles. The predicted molar refractivity (Wildman–Crippen MR) is 114 cm³/mol. The largest absolute Gasteiger partial charge is 0.479 e. The van der Waals surface area contributed by atoms with E-state index in [0.717, 1.165) is 22.5 Å². The zero-order chi connectivity index (χ0) is 22.7. The summed E-state index contributed by atoms with van der Waals surface area (Å²) in [5.41, 5.74) is 4.12. The summed E-state index contributed by atoms with van der Waals surface area (Å²) < 4.78 is 37.0. The fourth-order valence-corrected chi connectivity index (χ4v) is 4.70. The highest BCUT2D eigenvalue weighted by atomic mass is 16.8. The number of rotatable bonds is 4. The van der Waals surface area contributed by atoms with Crippen LogP contribution in [0.3, 0.4) is 0 Å². The maximum Gasteiger partial charge on any atom is 0.319 e. The second-order valence-electron chi connectivity index (χ2n) is 8.54. The molecule has 3 aliphatic rings. The molecule has 1 aromatic carbocycles. The van der Waals surface area contributed by atoms with Gasteiger partial charge < -0.3 is 28.4 Å². The lowest BCUT2D eigenvalue weighted by atomic mass is 9.98. The molecule has 0 radical (unpaired) electrons. The van der Waals surface area contributed by atoms with E-state index in [4.69, 9.17) is 33.5 Å². The Morgan fingerprint density at radius 1 is 1.06 bits per heavy atom. The van der Waals surface area contributed by atoms with Gasteiger partial charge in [0.05, 0.1) is 32.7 Å². The Bertz CT molecular complexity index is 1200. The number of ether oxygens (including phenoxy) is 6. The van der Waals surface area contributed by atoms with E-state index < -0.39 is 18.2 Å². The van der Waals surface area contributed by atoms with Crippen molar-refractivity contribution in [3.05, 3.63) is 47.8 Å². The molecule has 3 aromatic rings. The van der Waals surface area contributed by atoms with Crippen LogP contribution in [0, 0.1) is 0 Å². The molecule has 2 saturated heterocycles. The summed E-state index contributed by atoms with van der Waals surface area (Å²) in [6.07, 6.45) is 0.0684. The van der Waals surface area contributed by atoms with Gasteiger partial charge in [-0.25, -0.2) is 9.67 Å². The highest BCUT2D eigenvalue weighted by Gasteiger charge is 2.58. The molecule has 0 unspecified atom stereocenters. The summed E-state index contributed by atoms with van der Waals surface area (Å²) in [6, 6.07) is 10.2. The normalized spacial score (nSPS) is 27.0. The Labute approximate surface area is 190 Å². The predicted octanol–water partition coefficient (Wildman–Crippen LogP) is 2.79. The molecule has 0 N–H and O–H groups in total. The van der Waals surface area contributed by atoms with Gasteiger partial charge in [0.1, 0.15) is 29.7 Å². The minimum absolute atomic E-state index is 0.209. The molecule has 3 aliphatic heterocycles. The van der Waals surface area contributed by atoms with Crippen molar-refractivity contribution < 1.29 is 28.4 Å². The summed E-state index contributed by atoms with van der Waals surface area (Å²) >= 11 is 0. The van der Waals surface area contributed by atoms with Crippen molar-refractivity contribution in [2.24, 2.45) is 0 Å². The van der Waals surface area contributed by atoms with E-state index >= 15 is 0 Å². The lowest BCUT2D eigenvalue weighted by Crippen LogP contribution is -2.36. The number of methoxy groups -OCH3 is 2. The fourth-order valence-electron chi connectivity index (χ4n) is 4.70. The van der Waals surface area contributed by atoms with E-state index in [-0.39, 0.29) is 18.2 Å². The Morgan fingerprint density at radius 3 is 2.64 bits per heavy atom. The van der Waals surface area contributed by atoms with Gasteiger partial charge in [0, 0.05) is 11.1 Å². The highest BCUT2D eigenvalue weighted by Crippen LogP contribution is 2.49. The van der Waals surface area contributed by atoms with Gasteiger partial charge in [-0.15, -0.1) is 0 Å². The first-order valence-electron chi connectivity index (χ1n) is 10.7. The smallest absolute Gasteiger partial charge is 0.319 e. The Morgan fingerprint density at radius 2 is 1.88 bits per heavy atom. The van der Waals surface area contributed by atoms with E-state index in [2.05, 4.69) is 9.97 Å². The topological polar surface area (TPSA) is 99.0 Å². The van der Waals surface area contributed by atoms with Gasteiger partial charge in [-0.05, 0) is 13.8 Å². The SMILES string of the molecule is COc1ncc(-n2nc3c(c2-c2ccccc2)CO[C@@H]2[C@H]4OC(C)(C)O[C@H]4O[C@H]32)c(OC)n1. The van der Waals surface area contributed by atoms with Crippen LogP contribution in [0.5, 0.6) is 11.9 Å². The molecule has 4 atom stereocenters. The monoisotopic (exact) mass is 452 g/mol. The van der Waals surface area contributed by atoms with Crippen LogP contribution in [0.4, 0.5) is 0 Å². The van der Waals surface area contributed by atoms with Crippen LogP contribution in [0.2, 0.25) is 0 Å². The van der Waals surface area contributed by atoms with Crippen molar-refractivity contribution >= 4 is 0 Å². The third-order valence-corrected chi connectivity index (χ3v) is 6.06. The zero-order valence-corrected chi connectivity index (χ0v) is 18.7. The average Bonchev–Trinajstić information content (AvgIpc) is 3.46. The zero-order valence-electron chi connectivity index (χ0n) is 18.7. The third kappa shape index (κ3) is 3.21. The fraction of sp³-hybridized carbons (Fsp3) is 0.435. The van der Waals surface area contributed by atoms with Crippen molar-refractivity contribution in [2.45, 2.75) is 50.8 Å². The minimum Gasteiger partial charge on any atom is -0.479 e. The second-order valence-corrected chi connectivity index (χ2v) is 8.54. The van der Waals surface area contributed by atoms with E-state index in [1.54, 1.807) is 18.0 Å². The average molecular weight is 452 g/mol. The van der Waals surface area contributed by atoms with Gasteiger partial charge >= 0.3 is 6.01 Å². The molecule has 0 aliphatic carbocycles. The number of hydrogen-bond donors (Lipinski definition) is 0. The quantitative estimate of drug-likeness (QED) is 0.592. The van der Waals surface area contributed by atoms with Crippen LogP contribution in [-0.4, -0.2) is 58.3 Å². The van der Waals surface area contributed by atoms with E-state index in [9.17, 15) is 0 Å². The lowest BCUT2D eigenvalue weighted by Gasteiger charge is -2.28. The van der Waals surface area contributed by atoms with Crippen LogP contribution >= 0.6 is 0 Å². The number of hydrogen-bond acceptors (Lipinski definition) is 9. The highest BCUT2D eigenvalue weighted by molar-refractivity contribution is 5.68. The number of nitrogens with zero attached hydrogens (tertiary/aromatic N) is 4. The Hall–Kier alpha value is -3.05. The van der Waals surface area contributed by atoms with Crippen molar-refractivity contribution in [1.29, 1.82) is 0 Å². The van der Waals surface area contributed by atoms with Crippen molar-refractivity contribution in [2.75, 3.05) is 14.2 Å². The van der Waals surface area contributed by atoms with Crippen LogP contribution in [0.25, 0.3) is 16.9 Å². The van der Waals surface area contributed by atoms with Gasteiger partial charge in [0.15, 0.2) is 12.1 Å². The molecular formula is C23H24N4O6. The lowest BCUT2D eigenvalue weighted by molar-refractivity contribution is -0.223. The molecule has 6 rings (SSSR count). The van der Waals surface area contributed by atoms with Crippen LogP contribution in [0.15, 0.2) is 36.5 Å². The molecule has 10 nitrogen and oxygen atoms in total. The van der Waals surface area contributed by atoms with Crippen LogP contribution in [0.1, 0.15) is 31.2 Å². The summed E-state index contributed by atoms with van der Waals surface area (Å²) in [7, 11) is 3.06. The van der Waals surface area contributed by atoms with Gasteiger partial charge in [-0.2, -0.15) is 10.1 Å². The first kappa shape index (κ1) is 20.5. The molecule has 2 fully saturated rings. The van der Waals surface area contributed by atoms with E-state index in [1.165, 1.54) is 7.11 Å². The molecule has 33 heavy (non-hydrogen) atoms. The second kappa shape index (κ2) is 7.49. The molecular weight excluding hydrogens is 428 g/mol. The van der Waals surface area contributed by atoms with Gasteiger partial charge in [0.25, 0.3) is 0 Å². The number of aromatic nitrogens is 4. The van der Waals surface area contributed by atoms with Crippen molar-refractivity contribution in [3.63, 3.8) is 0 Å². The molecule has 0 spiro atoms. The molecule has 10 heteroatoms. The Kier molecular flexibility index (Phi) is 4.66.